The number of aliphatic carboxylic acids is 1. The zero-order valence-electron chi connectivity index (χ0n) is 7.83. The van der Waals surface area contributed by atoms with E-state index >= 15 is 0 Å². The van der Waals surface area contributed by atoms with Crippen LogP contribution in [0.15, 0.2) is 18.2 Å². The summed E-state index contributed by atoms with van der Waals surface area (Å²) in [5.74, 6) is -0.565. The van der Waals surface area contributed by atoms with Crippen LogP contribution in [-0.2, 0) is 4.79 Å². The lowest BCUT2D eigenvalue weighted by molar-refractivity contribution is -0.131. The van der Waals surface area contributed by atoms with Crippen LogP contribution in [0.3, 0.4) is 0 Å². The molecule has 1 aromatic carbocycles. The molecule has 1 aromatic rings. The first-order valence-electron chi connectivity index (χ1n) is 3.98. The lowest BCUT2D eigenvalue weighted by Gasteiger charge is -2.06. The summed E-state index contributed by atoms with van der Waals surface area (Å²) in [7, 11) is 1.47. The Hall–Kier alpha value is -1.19. The lowest BCUT2D eigenvalue weighted by Crippen LogP contribution is -1.90. The van der Waals surface area contributed by atoms with Gasteiger partial charge in [0.1, 0.15) is 5.75 Å². The molecule has 0 fully saturated rings. The molecule has 0 aliphatic heterocycles. The molecule has 0 aliphatic carbocycles. The average molecular weight is 247 g/mol. The summed E-state index contributed by atoms with van der Waals surface area (Å²) in [4.78, 5) is 10.3. The molecule has 5 heteroatoms. The van der Waals surface area contributed by atoms with E-state index in [-0.39, 0.29) is 0 Å². The van der Waals surface area contributed by atoms with Crippen LogP contribution in [0.5, 0.6) is 5.75 Å². The predicted molar refractivity (Wildman–Crippen MR) is 59.7 cm³/mol. The van der Waals surface area contributed by atoms with Crippen LogP contribution in [-0.4, -0.2) is 18.2 Å². The number of carboxylic acids is 1. The third kappa shape index (κ3) is 3.15. The van der Waals surface area contributed by atoms with E-state index in [0.717, 1.165) is 6.08 Å². The first kappa shape index (κ1) is 11.9. The number of rotatable bonds is 3. The molecule has 0 heterocycles. The number of carboxylic acid groups (broad SMARTS) is 1. The van der Waals surface area contributed by atoms with Gasteiger partial charge in [0.2, 0.25) is 0 Å². The van der Waals surface area contributed by atoms with E-state index in [4.69, 9.17) is 33.0 Å². The molecule has 0 aliphatic rings. The molecule has 3 nitrogen and oxygen atoms in total. The van der Waals surface area contributed by atoms with Crippen molar-refractivity contribution in [3.05, 3.63) is 33.8 Å². The highest BCUT2D eigenvalue weighted by molar-refractivity contribution is 6.42. The summed E-state index contributed by atoms with van der Waals surface area (Å²) in [6.07, 6.45) is 2.39. The standard InChI is InChI=1S/C10H8Cl2O3/c1-15-9-5-8(12)7(11)4-6(9)2-3-10(13)14/h2-5H,1H3,(H,13,14)/b3-2+. The second-order valence-electron chi connectivity index (χ2n) is 2.68. The molecule has 1 rings (SSSR count). The second kappa shape index (κ2) is 5.05. The van der Waals surface area contributed by atoms with Crippen molar-refractivity contribution in [1.29, 1.82) is 0 Å². The zero-order chi connectivity index (χ0) is 11.4. The Morgan fingerprint density at radius 1 is 1.40 bits per heavy atom. The smallest absolute Gasteiger partial charge is 0.328 e. The number of methoxy groups -OCH3 is 1. The fourth-order valence-electron chi connectivity index (χ4n) is 1.01. The fraction of sp³-hybridized carbons (Fsp3) is 0.100. The molecule has 0 amide bonds. The quantitative estimate of drug-likeness (QED) is 0.834. The van der Waals surface area contributed by atoms with E-state index < -0.39 is 5.97 Å². The van der Waals surface area contributed by atoms with E-state index in [9.17, 15) is 4.79 Å². The minimum atomic E-state index is -1.04. The van der Waals surface area contributed by atoms with Crippen molar-refractivity contribution >= 4 is 35.2 Å². The van der Waals surface area contributed by atoms with Crippen LogP contribution in [0.1, 0.15) is 5.56 Å². The molecule has 1 N–H and O–H groups in total. The van der Waals surface area contributed by atoms with Gasteiger partial charge in [-0.1, -0.05) is 23.2 Å². The summed E-state index contributed by atoms with van der Waals surface area (Å²) >= 11 is 11.6. The van der Waals surface area contributed by atoms with Crippen LogP contribution in [0, 0.1) is 0 Å². The molecule has 0 atom stereocenters. The fourth-order valence-corrected chi connectivity index (χ4v) is 1.34. The molecule has 0 spiro atoms. The van der Waals surface area contributed by atoms with Crippen LogP contribution in [0.2, 0.25) is 10.0 Å². The highest BCUT2D eigenvalue weighted by Gasteiger charge is 2.05. The van der Waals surface area contributed by atoms with Gasteiger partial charge < -0.3 is 9.84 Å². The van der Waals surface area contributed by atoms with Gasteiger partial charge in [-0.15, -0.1) is 0 Å². The van der Waals surface area contributed by atoms with Crippen molar-refractivity contribution in [3.63, 3.8) is 0 Å². The van der Waals surface area contributed by atoms with E-state index in [2.05, 4.69) is 0 Å². The van der Waals surface area contributed by atoms with E-state index in [1.165, 1.54) is 19.3 Å². The van der Waals surface area contributed by atoms with E-state index in [1.54, 1.807) is 6.07 Å². The van der Waals surface area contributed by atoms with Crippen LogP contribution in [0.25, 0.3) is 6.08 Å². The molecule has 15 heavy (non-hydrogen) atoms. The summed E-state index contributed by atoms with van der Waals surface area (Å²) in [5, 5.41) is 9.19. The van der Waals surface area contributed by atoms with Crippen molar-refractivity contribution in [2.75, 3.05) is 7.11 Å². The highest BCUT2D eigenvalue weighted by atomic mass is 35.5. The summed E-state index contributed by atoms with van der Waals surface area (Å²) in [6, 6.07) is 3.08. The van der Waals surface area contributed by atoms with Gasteiger partial charge in [0.25, 0.3) is 0 Å². The van der Waals surface area contributed by atoms with Crippen molar-refractivity contribution in [2.24, 2.45) is 0 Å². The maximum absolute atomic E-state index is 10.3. The van der Waals surface area contributed by atoms with Gasteiger partial charge in [-0.25, -0.2) is 4.79 Å². The minimum absolute atomic E-state index is 0.350. The molecule has 0 unspecified atom stereocenters. The Kier molecular flexibility index (Phi) is 4.00. The van der Waals surface area contributed by atoms with Gasteiger partial charge in [-0.3, -0.25) is 0 Å². The largest absolute Gasteiger partial charge is 0.496 e. The molecule has 0 radical (unpaired) electrons. The molecule has 0 bridgehead atoms. The highest BCUT2D eigenvalue weighted by Crippen LogP contribution is 2.31. The Morgan fingerprint density at radius 3 is 2.53 bits per heavy atom. The first-order valence-corrected chi connectivity index (χ1v) is 4.74. The molecular formula is C10H8Cl2O3. The predicted octanol–water partition coefficient (Wildman–Crippen LogP) is 3.10. The van der Waals surface area contributed by atoms with Gasteiger partial charge >= 0.3 is 5.97 Å². The van der Waals surface area contributed by atoms with Gasteiger partial charge in [-0.05, 0) is 12.1 Å². The maximum atomic E-state index is 10.3. The number of halogens is 2. The average Bonchev–Trinajstić information content (AvgIpc) is 2.19. The summed E-state index contributed by atoms with van der Waals surface area (Å²) in [6.45, 7) is 0. The summed E-state index contributed by atoms with van der Waals surface area (Å²) < 4.78 is 5.03. The van der Waals surface area contributed by atoms with Gasteiger partial charge in [0.15, 0.2) is 0 Å². The van der Waals surface area contributed by atoms with Crippen molar-refractivity contribution in [3.8, 4) is 5.75 Å². The van der Waals surface area contributed by atoms with Crippen LogP contribution >= 0.6 is 23.2 Å². The van der Waals surface area contributed by atoms with Gasteiger partial charge in [0, 0.05) is 17.7 Å². The lowest BCUT2D eigenvalue weighted by atomic mass is 10.2. The van der Waals surface area contributed by atoms with Crippen LogP contribution < -0.4 is 4.74 Å². The molecule has 0 saturated heterocycles. The van der Waals surface area contributed by atoms with Gasteiger partial charge in [-0.2, -0.15) is 0 Å². The zero-order valence-corrected chi connectivity index (χ0v) is 9.34. The van der Waals surface area contributed by atoms with E-state index in [0.29, 0.717) is 21.4 Å². The SMILES string of the molecule is COc1cc(Cl)c(Cl)cc1/C=C/C(=O)O. The third-order valence-electron chi connectivity index (χ3n) is 1.68. The number of hydrogen-bond donors (Lipinski definition) is 1. The van der Waals surface area contributed by atoms with Crippen molar-refractivity contribution in [2.45, 2.75) is 0 Å². The number of benzene rings is 1. The minimum Gasteiger partial charge on any atom is -0.496 e. The molecule has 0 aromatic heterocycles. The third-order valence-corrected chi connectivity index (χ3v) is 2.40. The normalized spacial score (nSPS) is 10.6. The Labute approximate surface area is 96.9 Å². The molecule has 80 valence electrons. The summed E-state index contributed by atoms with van der Waals surface area (Å²) in [5.41, 5.74) is 0.564. The maximum Gasteiger partial charge on any atom is 0.328 e. The van der Waals surface area contributed by atoms with E-state index in [1.807, 2.05) is 0 Å². The number of carbonyl (C=O) groups is 1. The van der Waals surface area contributed by atoms with Gasteiger partial charge in [0.05, 0.1) is 17.2 Å². The van der Waals surface area contributed by atoms with Crippen molar-refractivity contribution < 1.29 is 14.6 Å². The first-order chi connectivity index (χ1) is 7.04. The van der Waals surface area contributed by atoms with Crippen LogP contribution in [0.4, 0.5) is 0 Å². The Morgan fingerprint density at radius 2 is 2.00 bits per heavy atom. The monoisotopic (exact) mass is 246 g/mol. The number of hydrogen-bond acceptors (Lipinski definition) is 2. The molecular weight excluding hydrogens is 239 g/mol. The molecule has 0 saturated carbocycles. The van der Waals surface area contributed by atoms with Crippen molar-refractivity contribution in [1.82, 2.24) is 0 Å². The number of ether oxygens (including phenoxy) is 1. The second-order valence-corrected chi connectivity index (χ2v) is 3.49. The Bertz CT molecular complexity index is 413. The topological polar surface area (TPSA) is 46.5 Å². The Balaban J connectivity index is 3.16.